The number of hydrogen-bond acceptors (Lipinski definition) is 5. The number of amides is 1. The first kappa shape index (κ1) is 14.2. The Balaban J connectivity index is 2.34. The zero-order valence-electron chi connectivity index (χ0n) is 11.0. The summed E-state index contributed by atoms with van der Waals surface area (Å²) in [7, 11) is 1.60. The average molecular weight is 295 g/mol. The third-order valence-electron chi connectivity index (χ3n) is 2.84. The molecule has 2 rings (SSSR count). The van der Waals surface area contributed by atoms with E-state index in [1.165, 1.54) is 10.9 Å². The number of carboxylic acid groups (broad SMARTS) is 1. The van der Waals surface area contributed by atoms with Gasteiger partial charge >= 0.3 is 5.97 Å². The summed E-state index contributed by atoms with van der Waals surface area (Å²) in [6.07, 6.45) is 1.27. The van der Waals surface area contributed by atoms with Crippen LogP contribution in [0.4, 0.5) is 0 Å². The highest BCUT2D eigenvalue weighted by atomic mass is 32.1. The number of thiophene rings is 1. The molecule has 0 fully saturated rings. The lowest BCUT2D eigenvalue weighted by Gasteiger charge is -2.01. The van der Waals surface area contributed by atoms with Gasteiger partial charge in [0, 0.05) is 13.6 Å². The molecule has 0 aliphatic rings. The van der Waals surface area contributed by atoms with E-state index in [2.05, 4.69) is 10.3 Å². The fourth-order valence-corrected chi connectivity index (χ4v) is 2.84. The van der Waals surface area contributed by atoms with Crippen LogP contribution in [0.15, 0.2) is 11.1 Å². The number of aromatic nitrogens is 2. The van der Waals surface area contributed by atoms with Crippen molar-refractivity contribution in [2.45, 2.75) is 13.3 Å². The highest BCUT2D eigenvalue weighted by molar-refractivity contribution is 7.20. The SMILES string of the molecule is Cc1c(C(=O)NCCC(=O)O)sc2ncn(C)c(=O)c12. The van der Waals surface area contributed by atoms with Gasteiger partial charge in [-0.05, 0) is 12.5 Å². The molecule has 8 heteroatoms. The third-order valence-corrected chi connectivity index (χ3v) is 4.04. The highest BCUT2D eigenvalue weighted by Crippen LogP contribution is 2.26. The van der Waals surface area contributed by atoms with Crippen LogP contribution in [0.5, 0.6) is 0 Å². The van der Waals surface area contributed by atoms with Crippen molar-refractivity contribution in [2.75, 3.05) is 6.54 Å². The van der Waals surface area contributed by atoms with Crippen LogP contribution in [0.25, 0.3) is 10.2 Å². The van der Waals surface area contributed by atoms with Crippen molar-refractivity contribution in [3.63, 3.8) is 0 Å². The summed E-state index contributed by atoms with van der Waals surface area (Å²) < 4.78 is 1.36. The molecule has 2 aromatic rings. The summed E-state index contributed by atoms with van der Waals surface area (Å²) in [5.41, 5.74) is 0.375. The van der Waals surface area contributed by atoms with E-state index in [-0.39, 0.29) is 24.4 Å². The van der Waals surface area contributed by atoms with Gasteiger partial charge in [-0.1, -0.05) is 0 Å². The van der Waals surface area contributed by atoms with E-state index >= 15 is 0 Å². The molecule has 0 saturated heterocycles. The second kappa shape index (κ2) is 5.41. The van der Waals surface area contributed by atoms with Crippen molar-refractivity contribution in [2.24, 2.45) is 7.05 Å². The largest absolute Gasteiger partial charge is 0.481 e. The summed E-state index contributed by atoms with van der Waals surface area (Å²) in [4.78, 5) is 39.4. The summed E-state index contributed by atoms with van der Waals surface area (Å²) in [6, 6.07) is 0. The fourth-order valence-electron chi connectivity index (χ4n) is 1.79. The standard InChI is InChI=1S/C12H13N3O4S/c1-6-8-11(14-5-15(2)12(8)19)20-9(6)10(18)13-4-3-7(16)17/h5H,3-4H2,1-2H3,(H,13,18)(H,16,17). The summed E-state index contributed by atoms with van der Waals surface area (Å²) in [5, 5.41) is 11.5. The number of hydrogen-bond donors (Lipinski definition) is 2. The van der Waals surface area contributed by atoms with Gasteiger partial charge in [-0.3, -0.25) is 14.4 Å². The van der Waals surface area contributed by atoms with Crippen LogP contribution in [-0.2, 0) is 11.8 Å². The molecular weight excluding hydrogens is 282 g/mol. The van der Waals surface area contributed by atoms with Gasteiger partial charge in [-0.15, -0.1) is 11.3 Å². The third kappa shape index (κ3) is 2.55. The first-order valence-electron chi connectivity index (χ1n) is 5.86. The van der Waals surface area contributed by atoms with Gasteiger partial charge in [0.25, 0.3) is 11.5 Å². The molecule has 1 amide bonds. The number of rotatable bonds is 4. The molecule has 0 spiro atoms. The Labute approximate surface area is 117 Å². The van der Waals surface area contributed by atoms with Crippen molar-refractivity contribution in [3.05, 3.63) is 27.1 Å². The molecule has 0 saturated carbocycles. The average Bonchev–Trinajstić information content (AvgIpc) is 2.71. The van der Waals surface area contributed by atoms with Crippen LogP contribution in [-0.4, -0.2) is 33.1 Å². The van der Waals surface area contributed by atoms with Crippen LogP contribution in [0, 0.1) is 6.92 Å². The molecule has 7 nitrogen and oxygen atoms in total. The number of carbonyl (C=O) groups excluding carboxylic acids is 1. The minimum Gasteiger partial charge on any atom is -0.481 e. The van der Waals surface area contributed by atoms with Gasteiger partial charge in [0.15, 0.2) is 0 Å². The smallest absolute Gasteiger partial charge is 0.305 e. The first-order chi connectivity index (χ1) is 9.41. The lowest BCUT2D eigenvalue weighted by molar-refractivity contribution is -0.136. The zero-order valence-corrected chi connectivity index (χ0v) is 11.8. The molecule has 0 radical (unpaired) electrons. The molecule has 0 aliphatic carbocycles. The molecular formula is C12H13N3O4S. The van der Waals surface area contributed by atoms with E-state index in [4.69, 9.17) is 5.11 Å². The van der Waals surface area contributed by atoms with E-state index < -0.39 is 5.97 Å². The van der Waals surface area contributed by atoms with Crippen LogP contribution in [0.3, 0.4) is 0 Å². The molecule has 2 heterocycles. The van der Waals surface area contributed by atoms with Gasteiger partial charge in [-0.2, -0.15) is 0 Å². The molecule has 20 heavy (non-hydrogen) atoms. The van der Waals surface area contributed by atoms with Crippen LogP contribution < -0.4 is 10.9 Å². The predicted octanol–water partition coefficient (Wildman–Crippen LogP) is 0.508. The van der Waals surface area contributed by atoms with Gasteiger partial charge < -0.3 is 15.0 Å². The zero-order chi connectivity index (χ0) is 14.9. The second-order valence-electron chi connectivity index (χ2n) is 4.30. The van der Waals surface area contributed by atoms with Crippen LogP contribution in [0.2, 0.25) is 0 Å². The van der Waals surface area contributed by atoms with E-state index in [0.29, 0.717) is 20.7 Å². The van der Waals surface area contributed by atoms with Gasteiger partial charge in [0.2, 0.25) is 0 Å². The van der Waals surface area contributed by atoms with Gasteiger partial charge in [-0.25, -0.2) is 4.98 Å². The maximum atomic E-state index is 12.0. The van der Waals surface area contributed by atoms with Crippen molar-refractivity contribution in [1.82, 2.24) is 14.9 Å². The van der Waals surface area contributed by atoms with Gasteiger partial charge in [0.1, 0.15) is 4.83 Å². The number of nitrogens with zero attached hydrogens (tertiary/aromatic N) is 2. The molecule has 106 valence electrons. The molecule has 0 unspecified atom stereocenters. The van der Waals surface area contributed by atoms with Gasteiger partial charge in [0.05, 0.1) is 23.0 Å². The molecule has 0 atom stereocenters. The summed E-state index contributed by atoms with van der Waals surface area (Å²) in [5.74, 6) is -1.36. The maximum Gasteiger partial charge on any atom is 0.305 e. The maximum absolute atomic E-state index is 12.0. The Kier molecular flexibility index (Phi) is 3.84. The normalized spacial score (nSPS) is 10.7. The molecule has 0 bridgehead atoms. The summed E-state index contributed by atoms with van der Waals surface area (Å²) >= 11 is 1.13. The number of carbonyl (C=O) groups is 2. The van der Waals surface area contributed by atoms with E-state index in [0.717, 1.165) is 11.3 Å². The Morgan fingerprint density at radius 1 is 1.50 bits per heavy atom. The van der Waals surface area contributed by atoms with Crippen LogP contribution in [0.1, 0.15) is 21.7 Å². The van der Waals surface area contributed by atoms with E-state index in [1.807, 2.05) is 0 Å². The molecule has 2 aromatic heterocycles. The lowest BCUT2D eigenvalue weighted by Crippen LogP contribution is -2.25. The van der Waals surface area contributed by atoms with E-state index in [9.17, 15) is 14.4 Å². The fraction of sp³-hybridized carbons (Fsp3) is 0.333. The summed E-state index contributed by atoms with van der Waals surface area (Å²) in [6.45, 7) is 1.74. The van der Waals surface area contributed by atoms with Crippen molar-refractivity contribution in [1.29, 1.82) is 0 Å². The Morgan fingerprint density at radius 3 is 2.85 bits per heavy atom. The second-order valence-corrected chi connectivity index (χ2v) is 5.30. The number of fused-ring (bicyclic) bond motifs is 1. The number of nitrogens with one attached hydrogen (secondary N) is 1. The Hall–Kier alpha value is -2.22. The molecule has 0 aliphatic heterocycles. The Bertz CT molecular complexity index is 747. The van der Waals surface area contributed by atoms with Crippen molar-refractivity contribution >= 4 is 33.4 Å². The minimum atomic E-state index is -0.978. The molecule has 2 N–H and O–H groups in total. The van der Waals surface area contributed by atoms with Crippen LogP contribution >= 0.6 is 11.3 Å². The van der Waals surface area contributed by atoms with Crippen molar-refractivity contribution < 1.29 is 14.7 Å². The highest BCUT2D eigenvalue weighted by Gasteiger charge is 2.18. The van der Waals surface area contributed by atoms with E-state index in [1.54, 1.807) is 14.0 Å². The predicted molar refractivity (Wildman–Crippen MR) is 74.2 cm³/mol. The topological polar surface area (TPSA) is 101 Å². The Morgan fingerprint density at radius 2 is 2.20 bits per heavy atom. The number of aliphatic carboxylic acids is 1. The minimum absolute atomic E-state index is 0.0489. The lowest BCUT2D eigenvalue weighted by atomic mass is 10.2. The number of aryl methyl sites for hydroxylation is 2. The monoisotopic (exact) mass is 295 g/mol. The quantitative estimate of drug-likeness (QED) is 0.855. The number of carboxylic acids is 1. The van der Waals surface area contributed by atoms with Crippen molar-refractivity contribution in [3.8, 4) is 0 Å². The first-order valence-corrected chi connectivity index (χ1v) is 6.68. The molecule has 0 aromatic carbocycles.